The molecular weight excluding hydrogens is 394 g/mol. The van der Waals surface area contributed by atoms with Gasteiger partial charge in [-0.25, -0.2) is 5.43 Å². The summed E-state index contributed by atoms with van der Waals surface area (Å²) in [6, 6.07) is 19.2. The Labute approximate surface area is 180 Å². The summed E-state index contributed by atoms with van der Waals surface area (Å²) < 4.78 is 10.5. The Balaban J connectivity index is 1.73. The van der Waals surface area contributed by atoms with Gasteiger partial charge < -0.3 is 14.8 Å². The molecule has 0 unspecified atom stereocenters. The summed E-state index contributed by atoms with van der Waals surface area (Å²) >= 11 is 0. The van der Waals surface area contributed by atoms with E-state index in [2.05, 4.69) is 15.8 Å². The van der Waals surface area contributed by atoms with Gasteiger partial charge in [0, 0.05) is 17.2 Å². The lowest BCUT2D eigenvalue weighted by atomic mass is 10.1. The van der Waals surface area contributed by atoms with Gasteiger partial charge in [0.25, 0.3) is 11.8 Å². The van der Waals surface area contributed by atoms with Crippen LogP contribution in [0.25, 0.3) is 0 Å². The normalized spacial score (nSPS) is 10.5. The van der Waals surface area contributed by atoms with Crippen LogP contribution in [0.1, 0.15) is 31.8 Å². The van der Waals surface area contributed by atoms with E-state index in [1.807, 2.05) is 19.1 Å². The van der Waals surface area contributed by atoms with E-state index >= 15 is 0 Å². The molecule has 2 amide bonds. The fourth-order valence-corrected chi connectivity index (χ4v) is 2.92. The van der Waals surface area contributed by atoms with Gasteiger partial charge in [0.15, 0.2) is 0 Å². The third-order valence-electron chi connectivity index (χ3n) is 4.51. The molecule has 3 rings (SSSR count). The summed E-state index contributed by atoms with van der Waals surface area (Å²) in [7, 11) is 3.11. The van der Waals surface area contributed by atoms with Gasteiger partial charge in [0.05, 0.1) is 31.7 Å². The second-order valence-electron chi connectivity index (χ2n) is 6.68. The lowest BCUT2D eigenvalue weighted by Gasteiger charge is -2.10. The molecule has 31 heavy (non-hydrogen) atoms. The standard InChI is InChI=1S/C24H23N3O4/c1-16-7-6-8-17(13-16)23(28)26-21-10-5-4-9-20(21)24(29)27-25-15-18-11-12-19(30-2)14-22(18)31-3/h4-15H,1-3H3,(H,26,28)(H,27,29)/b25-15-. The Kier molecular flexibility index (Phi) is 7.01. The van der Waals surface area contributed by atoms with Crippen LogP contribution in [0, 0.1) is 6.92 Å². The average molecular weight is 417 g/mol. The second-order valence-corrected chi connectivity index (χ2v) is 6.68. The number of carbonyl (C=O) groups excluding carboxylic acids is 2. The van der Waals surface area contributed by atoms with Crippen LogP contribution < -0.4 is 20.2 Å². The van der Waals surface area contributed by atoms with Crippen molar-refractivity contribution < 1.29 is 19.1 Å². The molecule has 0 aliphatic heterocycles. The van der Waals surface area contributed by atoms with Crippen molar-refractivity contribution in [2.75, 3.05) is 19.5 Å². The van der Waals surface area contributed by atoms with Gasteiger partial charge >= 0.3 is 0 Å². The van der Waals surface area contributed by atoms with Gasteiger partial charge in [-0.05, 0) is 43.3 Å². The summed E-state index contributed by atoms with van der Waals surface area (Å²) in [6.45, 7) is 1.91. The van der Waals surface area contributed by atoms with Gasteiger partial charge in [0.1, 0.15) is 11.5 Å². The first-order valence-corrected chi connectivity index (χ1v) is 9.54. The van der Waals surface area contributed by atoms with Crippen molar-refractivity contribution >= 4 is 23.7 Å². The molecule has 0 saturated carbocycles. The monoisotopic (exact) mass is 417 g/mol. The molecule has 0 spiro atoms. The van der Waals surface area contributed by atoms with Crippen molar-refractivity contribution in [3.8, 4) is 11.5 Å². The van der Waals surface area contributed by atoms with E-state index in [0.29, 0.717) is 33.9 Å². The van der Waals surface area contributed by atoms with Crippen molar-refractivity contribution in [1.82, 2.24) is 5.43 Å². The highest BCUT2D eigenvalue weighted by Gasteiger charge is 2.14. The van der Waals surface area contributed by atoms with E-state index in [4.69, 9.17) is 9.47 Å². The first-order chi connectivity index (χ1) is 15.0. The first-order valence-electron chi connectivity index (χ1n) is 9.54. The predicted molar refractivity (Wildman–Crippen MR) is 120 cm³/mol. The van der Waals surface area contributed by atoms with Crippen molar-refractivity contribution in [3.05, 3.63) is 89.0 Å². The van der Waals surface area contributed by atoms with Crippen LogP contribution in [0.2, 0.25) is 0 Å². The predicted octanol–water partition coefficient (Wildman–Crippen LogP) is 4.03. The minimum absolute atomic E-state index is 0.294. The van der Waals surface area contributed by atoms with Crippen LogP contribution in [-0.2, 0) is 0 Å². The average Bonchev–Trinajstić information content (AvgIpc) is 2.79. The third-order valence-corrected chi connectivity index (χ3v) is 4.51. The van der Waals surface area contributed by atoms with E-state index in [9.17, 15) is 9.59 Å². The minimum atomic E-state index is -0.455. The maximum absolute atomic E-state index is 12.7. The van der Waals surface area contributed by atoms with E-state index in [1.165, 1.54) is 13.3 Å². The van der Waals surface area contributed by atoms with Crippen LogP contribution in [0.5, 0.6) is 11.5 Å². The van der Waals surface area contributed by atoms with E-state index in [-0.39, 0.29) is 5.91 Å². The largest absolute Gasteiger partial charge is 0.497 e. The SMILES string of the molecule is COc1ccc(/C=N\NC(=O)c2ccccc2NC(=O)c2cccc(C)c2)c(OC)c1. The van der Waals surface area contributed by atoms with Gasteiger partial charge in [-0.15, -0.1) is 0 Å². The smallest absolute Gasteiger partial charge is 0.273 e. The molecule has 7 heteroatoms. The highest BCUT2D eigenvalue weighted by molar-refractivity contribution is 6.09. The first kappa shape index (κ1) is 21.6. The summed E-state index contributed by atoms with van der Waals surface area (Å²) in [4.78, 5) is 25.2. The number of hydrogen-bond acceptors (Lipinski definition) is 5. The van der Waals surface area contributed by atoms with Crippen molar-refractivity contribution in [2.24, 2.45) is 5.10 Å². The minimum Gasteiger partial charge on any atom is -0.497 e. The van der Waals surface area contributed by atoms with Crippen LogP contribution in [0.3, 0.4) is 0 Å². The summed E-state index contributed by atoms with van der Waals surface area (Å²) in [6.07, 6.45) is 1.48. The maximum Gasteiger partial charge on any atom is 0.273 e. The zero-order valence-corrected chi connectivity index (χ0v) is 17.5. The Morgan fingerprint density at radius 1 is 0.903 bits per heavy atom. The van der Waals surface area contributed by atoms with E-state index in [1.54, 1.807) is 61.7 Å². The number of hydrogen-bond donors (Lipinski definition) is 2. The molecule has 0 aliphatic carbocycles. The molecule has 2 N–H and O–H groups in total. The fourth-order valence-electron chi connectivity index (χ4n) is 2.92. The number of hydrazone groups is 1. The molecule has 0 aromatic heterocycles. The molecule has 3 aromatic carbocycles. The second kappa shape index (κ2) is 10.1. The topological polar surface area (TPSA) is 89.0 Å². The molecule has 0 heterocycles. The highest BCUT2D eigenvalue weighted by Crippen LogP contribution is 2.23. The molecule has 0 aliphatic rings. The number of anilines is 1. The molecule has 0 atom stereocenters. The zero-order valence-electron chi connectivity index (χ0n) is 17.5. The van der Waals surface area contributed by atoms with Gasteiger partial charge in [-0.3, -0.25) is 9.59 Å². The molecule has 0 saturated heterocycles. The third kappa shape index (κ3) is 5.48. The number of nitrogens with one attached hydrogen (secondary N) is 2. The van der Waals surface area contributed by atoms with Crippen LogP contribution in [0.4, 0.5) is 5.69 Å². The number of para-hydroxylation sites is 1. The Bertz CT molecular complexity index is 1130. The number of amides is 2. The number of rotatable bonds is 7. The van der Waals surface area contributed by atoms with E-state index < -0.39 is 5.91 Å². The quantitative estimate of drug-likeness (QED) is 0.449. The molecule has 0 radical (unpaired) electrons. The highest BCUT2D eigenvalue weighted by atomic mass is 16.5. The Hall–Kier alpha value is -4.13. The van der Waals surface area contributed by atoms with Crippen molar-refractivity contribution in [3.63, 3.8) is 0 Å². The maximum atomic E-state index is 12.7. The molecule has 0 bridgehead atoms. The molecule has 158 valence electrons. The summed E-state index contributed by atoms with van der Waals surface area (Å²) in [5.74, 6) is 0.457. The van der Waals surface area contributed by atoms with Gasteiger partial charge in [0.2, 0.25) is 0 Å². The lowest BCUT2D eigenvalue weighted by Crippen LogP contribution is -2.21. The Morgan fingerprint density at radius 2 is 1.71 bits per heavy atom. The number of aryl methyl sites for hydroxylation is 1. The number of benzene rings is 3. The molecule has 7 nitrogen and oxygen atoms in total. The Morgan fingerprint density at radius 3 is 2.45 bits per heavy atom. The van der Waals surface area contributed by atoms with E-state index in [0.717, 1.165) is 5.56 Å². The summed E-state index contributed by atoms with van der Waals surface area (Å²) in [5, 5.41) is 6.80. The number of methoxy groups -OCH3 is 2. The van der Waals surface area contributed by atoms with Crippen LogP contribution in [0.15, 0.2) is 71.8 Å². The zero-order chi connectivity index (χ0) is 22.2. The fraction of sp³-hybridized carbons (Fsp3) is 0.125. The number of ether oxygens (including phenoxy) is 2. The molecule has 0 fully saturated rings. The van der Waals surface area contributed by atoms with Crippen molar-refractivity contribution in [1.29, 1.82) is 0 Å². The van der Waals surface area contributed by atoms with Gasteiger partial charge in [-0.2, -0.15) is 5.10 Å². The van der Waals surface area contributed by atoms with Gasteiger partial charge in [-0.1, -0.05) is 29.8 Å². The number of nitrogens with zero attached hydrogens (tertiary/aromatic N) is 1. The van der Waals surface area contributed by atoms with Crippen LogP contribution >= 0.6 is 0 Å². The lowest BCUT2D eigenvalue weighted by molar-refractivity contribution is 0.0956. The number of carbonyl (C=O) groups is 2. The molecular formula is C24H23N3O4. The molecule has 3 aromatic rings. The summed E-state index contributed by atoms with van der Waals surface area (Å²) in [5.41, 5.74) is 5.33. The van der Waals surface area contributed by atoms with Crippen molar-refractivity contribution in [2.45, 2.75) is 6.92 Å². The van der Waals surface area contributed by atoms with Crippen LogP contribution in [-0.4, -0.2) is 32.2 Å².